The van der Waals surface area contributed by atoms with Gasteiger partial charge in [-0.1, -0.05) is 25.9 Å². The van der Waals surface area contributed by atoms with Gasteiger partial charge in [0.25, 0.3) is 0 Å². The van der Waals surface area contributed by atoms with Crippen molar-refractivity contribution in [3.05, 3.63) is 11.7 Å². The smallest absolute Gasteiger partial charge is 0.244 e. The van der Waals surface area contributed by atoms with Crippen molar-refractivity contribution in [1.29, 1.82) is 0 Å². The first-order valence-corrected chi connectivity index (χ1v) is 7.46. The number of hydrogen-bond donors (Lipinski definition) is 1. The van der Waals surface area contributed by atoms with Gasteiger partial charge in [-0.3, -0.25) is 0 Å². The van der Waals surface area contributed by atoms with E-state index < -0.39 is 0 Å². The van der Waals surface area contributed by atoms with Crippen LogP contribution in [-0.4, -0.2) is 22.4 Å². The normalized spacial score (nSPS) is 24.7. The van der Waals surface area contributed by atoms with E-state index in [1.807, 2.05) is 11.8 Å². The quantitative estimate of drug-likeness (QED) is 0.876. The van der Waals surface area contributed by atoms with Gasteiger partial charge in [0.1, 0.15) is 0 Å². The van der Waals surface area contributed by atoms with Crippen LogP contribution < -0.4 is 5.32 Å². The minimum Gasteiger partial charge on any atom is -0.338 e. The molecule has 2 unspecified atom stereocenters. The molecule has 0 amide bonds. The molecule has 1 aliphatic heterocycles. The van der Waals surface area contributed by atoms with E-state index in [-0.39, 0.29) is 6.04 Å². The third-order valence-corrected chi connectivity index (χ3v) is 4.33. The molecule has 1 aliphatic rings. The third-order valence-electron chi connectivity index (χ3n) is 2.97. The first kappa shape index (κ1) is 12.9. The summed E-state index contributed by atoms with van der Waals surface area (Å²) in [5.41, 5.74) is 0. The number of nitrogens with zero attached hydrogens (tertiary/aromatic N) is 2. The highest BCUT2D eigenvalue weighted by atomic mass is 32.2. The van der Waals surface area contributed by atoms with Crippen LogP contribution in [0.4, 0.5) is 0 Å². The fraction of sp³-hybridized carbons (Fsp3) is 0.833. The van der Waals surface area contributed by atoms with Crippen LogP contribution in [0.2, 0.25) is 0 Å². The zero-order valence-electron chi connectivity index (χ0n) is 10.8. The van der Waals surface area contributed by atoms with E-state index in [9.17, 15) is 0 Å². The molecule has 2 atom stereocenters. The Hall–Kier alpha value is -0.550. The Bertz CT molecular complexity index is 353. The van der Waals surface area contributed by atoms with Crippen LogP contribution in [-0.2, 0) is 5.75 Å². The lowest BCUT2D eigenvalue weighted by atomic mass is 10.0. The summed E-state index contributed by atoms with van der Waals surface area (Å²) < 4.78 is 5.34. The van der Waals surface area contributed by atoms with E-state index in [0.717, 1.165) is 29.8 Å². The van der Waals surface area contributed by atoms with Crippen molar-refractivity contribution in [3.8, 4) is 0 Å². The highest BCUT2D eigenvalue weighted by Gasteiger charge is 2.29. The van der Waals surface area contributed by atoms with Crippen molar-refractivity contribution >= 4 is 11.8 Å². The van der Waals surface area contributed by atoms with Crippen LogP contribution in [0.3, 0.4) is 0 Å². The van der Waals surface area contributed by atoms with Crippen molar-refractivity contribution in [2.45, 2.75) is 39.0 Å². The molecule has 1 aromatic rings. The van der Waals surface area contributed by atoms with Crippen molar-refractivity contribution in [2.24, 2.45) is 11.8 Å². The van der Waals surface area contributed by atoms with E-state index in [1.54, 1.807) is 0 Å². The predicted molar refractivity (Wildman–Crippen MR) is 69.8 cm³/mol. The lowest BCUT2D eigenvalue weighted by Gasteiger charge is -2.09. The molecule has 0 saturated carbocycles. The SMILES string of the molecule is CC(C)CSCc1noc(C2NCCC2C)n1. The van der Waals surface area contributed by atoms with E-state index in [0.29, 0.717) is 11.8 Å². The number of nitrogens with one attached hydrogen (secondary N) is 1. The molecule has 0 bridgehead atoms. The minimum atomic E-state index is 0.256. The molecule has 5 heteroatoms. The highest BCUT2D eigenvalue weighted by Crippen LogP contribution is 2.28. The van der Waals surface area contributed by atoms with Crippen LogP contribution in [0.25, 0.3) is 0 Å². The molecular formula is C12H21N3OS. The van der Waals surface area contributed by atoms with E-state index >= 15 is 0 Å². The molecule has 2 rings (SSSR count). The molecule has 0 aliphatic carbocycles. The largest absolute Gasteiger partial charge is 0.338 e. The standard InChI is InChI=1S/C12H21N3OS/c1-8(2)6-17-7-10-14-12(16-15-10)11-9(3)4-5-13-11/h8-9,11,13H,4-7H2,1-3H3. The Kier molecular flexibility index (Phi) is 4.45. The van der Waals surface area contributed by atoms with Crippen molar-refractivity contribution in [1.82, 2.24) is 15.5 Å². The summed E-state index contributed by atoms with van der Waals surface area (Å²) in [6.07, 6.45) is 1.18. The average molecular weight is 255 g/mol. The van der Waals surface area contributed by atoms with Gasteiger partial charge in [0.2, 0.25) is 5.89 Å². The summed E-state index contributed by atoms with van der Waals surface area (Å²) in [6.45, 7) is 7.71. The fourth-order valence-corrected chi connectivity index (χ4v) is 2.89. The van der Waals surface area contributed by atoms with Gasteiger partial charge in [-0.15, -0.1) is 0 Å². The first-order chi connectivity index (χ1) is 8.16. The molecule has 1 aromatic heterocycles. The number of thioether (sulfide) groups is 1. The highest BCUT2D eigenvalue weighted by molar-refractivity contribution is 7.98. The topological polar surface area (TPSA) is 51.0 Å². The maximum absolute atomic E-state index is 5.34. The third kappa shape index (κ3) is 3.45. The molecule has 0 spiro atoms. The van der Waals surface area contributed by atoms with Gasteiger partial charge >= 0.3 is 0 Å². The predicted octanol–water partition coefficient (Wildman–Crippen LogP) is 2.63. The second-order valence-electron chi connectivity index (χ2n) is 5.16. The van der Waals surface area contributed by atoms with Gasteiger partial charge in [0, 0.05) is 0 Å². The Morgan fingerprint density at radius 3 is 3.00 bits per heavy atom. The molecule has 1 saturated heterocycles. The molecule has 17 heavy (non-hydrogen) atoms. The molecule has 0 aromatic carbocycles. The summed E-state index contributed by atoms with van der Waals surface area (Å²) in [5, 5.41) is 7.45. The fourth-order valence-electron chi connectivity index (χ4n) is 2.00. The summed E-state index contributed by atoms with van der Waals surface area (Å²) in [7, 11) is 0. The number of rotatable bonds is 5. The van der Waals surface area contributed by atoms with Crippen LogP contribution >= 0.6 is 11.8 Å². The first-order valence-electron chi connectivity index (χ1n) is 6.30. The van der Waals surface area contributed by atoms with Crippen LogP contribution in [0.15, 0.2) is 4.52 Å². The summed E-state index contributed by atoms with van der Waals surface area (Å²) in [6, 6.07) is 0.256. The van der Waals surface area contributed by atoms with E-state index in [1.165, 1.54) is 6.42 Å². The molecular weight excluding hydrogens is 234 g/mol. The van der Waals surface area contributed by atoms with Gasteiger partial charge in [-0.25, -0.2) is 0 Å². The summed E-state index contributed by atoms with van der Waals surface area (Å²) in [5.74, 6) is 4.88. The molecule has 1 fully saturated rings. The van der Waals surface area contributed by atoms with Crippen molar-refractivity contribution in [2.75, 3.05) is 12.3 Å². The number of aromatic nitrogens is 2. The summed E-state index contributed by atoms with van der Waals surface area (Å²) >= 11 is 1.87. The Balaban J connectivity index is 1.87. The zero-order chi connectivity index (χ0) is 12.3. The van der Waals surface area contributed by atoms with Crippen LogP contribution in [0.5, 0.6) is 0 Å². The second-order valence-corrected chi connectivity index (χ2v) is 6.19. The van der Waals surface area contributed by atoms with Gasteiger partial charge in [0.05, 0.1) is 11.8 Å². The monoisotopic (exact) mass is 255 g/mol. The molecule has 4 nitrogen and oxygen atoms in total. The maximum Gasteiger partial charge on any atom is 0.244 e. The van der Waals surface area contributed by atoms with Crippen molar-refractivity contribution in [3.63, 3.8) is 0 Å². The Labute approximate surface area is 107 Å². The van der Waals surface area contributed by atoms with Gasteiger partial charge in [-0.2, -0.15) is 16.7 Å². The van der Waals surface area contributed by atoms with Crippen LogP contribution in [0, 0.1) is 11.8 Å². The van der Waals surface area contributed by atoms with Gasteiger partial charge < -0.3 is 9.84 Å². The number of hydrogen-bond acceptors (Lipinski definition) is 5. The van der Waals surface area contributed by atoms with E-state index in [4.69, 9.17) is 4.52 Å². The summed E-state index contributed by atoms with van der Waals surface area (Å²) in [4.78, 5) is 4.48. The molecule has 1 N–H and O–H groups in total. The lowest BCUT2D eigenvalue weighted by molar-refractivity contribution is 0.317. The van der Waals surface area contributed by atoms with Crippen LogP contribution in [0.1, 0.15) is 44.9 Å². The van der Waals surface area contributed by atoms with Gasteiger partial charge in [-0.05, 0) is 30.6 Å². The maximum atomic E-state index is 5.34. The van der Waals surface area contributed by atoms with E-state index in [2.05, 4.69) is 36.2 Å². The second kappa shape index (κ2) is 5.87. The zero-order valence-corrected chi connectivity index (χ0v) is 11.6. The Morgan fingerprint density at radius 2 is 2.35 bits per heavy atom. The lowest BCUT2D eigenvalue weighted by Crippen LogP contribution is -2.16. The molecule has 2 heterocycles. The average Bonchev–Trinajstić information content (AvgIpc) is 2.86. The molecule has 0 radical (unpaired) electrons. The minimum absolute atomic E-state index is 0.256. The van der Waals surface area contributed by atoms with Crippen molar-refractivity contribution < 1.29 is 4.52 Å². The van der Waals surface area contributed by atoms with Gasteiger partial charge in [0.15, 0.2) is 5.82 Å². The molecule has 96 valence electrons. The Morgan fingerprint density at radius 1 is 1.53 bits per heavy atom.